The molecule has 0 fully saturated rings. The lowest BCUT2D eigenvalue weighted by Crippen LogP contribution is -2.25. The van der Waals surface area contributed by atoms with Gasteiger partial charge >= 0.3 is 5.97 Å². The Labute approximate surface area is 143 Å². The number of benzene rings is 1. The summed E-state index contributed by atoms with van der Waals surface area (Å²) in [6.45, 7) is 0.667. The van der Waals surface area contributed by atoms with Crippen molar-refractivity contribution < 1.29 is 19.4 Å². The van der Waals surface area contributed by atoms with Gasteiger partial charge in [-0.2, -0.15) is 0 Å². The molecule has 0 aliphatic carbocycles. The van der Waals surface area contributed by atoms with Crippen molar-refractivity contribution in [3.8, 4) is 0 Å². The van der Waals surface area contributed by atoms with Gasteiger partial charge in [0.15, 0.2) is 0 Å². The summed E-state index contributed by atoms with van der Waals surface area (Å²) in [6.07, 6.45) is 4.16. The summed E-state index contributed by atoms with van der Waals surface area (Å²) >= 11 is 5.53. The lowest BCUT2D eigenvalue weighted by Gasteiger charge is -2.01. The van der Waals surface area contributed by atoms with Gasteiger partial charge in [-0.15, -0.1) is 0 Å². The van der Waals surface area contributed by atoms with E-state index in [1.807, 2.05) is 12.3 Å². The van der Waals surface area contributed by atoms with Crippen molar-refractivity contribution in [2.75, 3.05) is 13.7 Å². The SMILES string of the molecule is COCCc1c[nH]c2c1ccc[n+]2[O-].O=C(O)c1cccc(Cl)c1. The number of fused-ring (bicyclic) bond motifs is 1. The number of ether oxygens (including phenoxy) is 1. The maximum absolute atomic E-state index is 11.3. The highest BCUT2D eigenvalue weighted by Crippen LogP contribution is 2.14. The second-order valence-electron chi connectivity index (χ2n) is 4.97. The molecule has 0 saturated carbocycles. The third kappa shape index (κ3) is 4.47. The molecule has 0 unspecified atom stereocenters. The van der Waals surface area contributed by atoms with Crippen LogP contribution in [0.25, 0.3) is 11.0 Å². The molecule has 2 heterocycles. The maximum Gasteiger partial charge on any atom is 0.335 e. The highest BCUT2D eigenvalue weighted by Gasteiger charge is 2.09. The normalized spacial score (nSPS) is 10.2. The van der Waals surface area contributed by atoms with Gasteiger partial charge in [0, 0.05) is 24.1 Å². The molecule has 3 aromatic rings. The summed E-state index contributed by atoms with van der Waals surface area (Å²) < 4.78 is 5.83. The molecule has 0 saturated heterocycles. The van der Waals surface area contributed by atoms with Gasteiger partial charge in [-0.25, -0.2) is 14.5 Å². The van der Waals surface area contributed by atoms with Crippen LogP contribution in [0.1, 0.15) is 15.9 Å². The van der Waals surface area contributed by atoms with Gasteiger partial charge in [0.2, 0.25) is 0 Å². The zero-order valence-corrected chi connectivity index (χ0v) is 13.8. The first kappa shape index (κ1) is 17.8. The first-order chi connectivity index (χ1) is 11.5. The number of aromatic nitrogens is 2. The van der Waals surface area contributed by atoms with Gasteiger partial charge in [-0.05, 0) is 30.3 Å². The number of nitrogens with zero attached hydrogens (tertiary/aromatic N) is 1. The molecular weight excluding hydrogens is 332 g/mol. The number of H-pyrrole nitrogens is 1. The van der Waals surface area contributed by atoms with Crippen LogP contribution < -0.4 is 4.73 Å². The quantitative estimate of drug-likeness (QED) is 0.560. The first-order valence-electron chi connectivity index (χ1n) is 7.19. The summed E-state index contributed by atoms with van der Waals surface area (Å²) in [7, 11) is 1.67. The predicted molar refractivity (Wildman–Crippen MR) is 91.3 cm³/mol. The molecule has 0 bridgehead atoms. The molecule has 24 heavy (non-hydrogen) atoms. The van der Waals surface area contributed by atoms with Crippen LogP contribution in [0.2, 0.25) is 5.02 Å². The summed E-state index contributed by atoms with van der Waals surface area (Å²) in [6, 6.07) is 9.82. The molecule has 0 spiro atoms. The van der Waals surface area contributed by atoms with Crippen molar-refractivity contribution in [1.82, 2.24) is 4.98 Å². The number of carbonyl (C=O) groups is 1. The van der Waals surface area contributed by atoms with Crippen LogP contribution in [0.5, 0.6) is 0 Å². The Morgan fingerprint density at radius 3 is 2.79 bits per heavy atom. The predicted octanol–water partition coefficient (Wildman–Crippen LogP) is 3.03. The van der Waals surface area contributed by atoms with Gasteiger partial charge in [0.1, 0.15) is 0 Å². The van der Waals surface area contributed by atoms with Crippen molar-refractivity contribution in [3.05, 3.63) is 70.1 Å². The maximum atomic E-state index is 11.3. The molecule has 126 valence electrons. The molecule has 0 aliphatic rings. The van der Waals surface area contributed by atoms with Crippen molar-refractivity contribution in [2.45, 2.75) is 6.42 Å². The number of hydrogen-bond acceptors (Lipinski definition) is 3. The van der Waals surface area contributed by atoms with E-state index in [2.05, 4.69) is 4.98 Å². The summed E-state index contributed by atoms with van der Waals surface area (Å²) in [5.74, 6) is -0.956. The van der Waals surface area contributed by atoms with Crippen molar-refractivity contribution in [1.29, 1.82) is 0 Å². The Morgan fingerprint density at radius 1 is 1.38 bits per heavy atom. The number of hydrogen-bond donors (Lipinski definition) is 2. The number of aromatic carboxylic acids is 1. The Morgan fingerprint density at radius 2 is 2.17 bits per heavy atom. The Balaban J connectivity index is 0.000000185. The Kier molecular flexibility index (Phi) is 6.17. The Hall–Kier alpha value is -2.57. The van der Waals surface area contributed by atoms with Crippen LogP contribution >= 0.6 is 11.6 Å². The van der Waals surface area contributed by atoms with Crippen LogP contribution in [0.3, 0.4) is 0 Å². The fraction of sp³-hybridized carbons (Fsp3) is 0.176. The van der Waals surface area contributed by atoms with E-state index >= 15 is 0 Å². The molecule has 2 N–H and O–H groups in total. The lowest BCUT2D eigenvalue weighted by atomic mass is 10.2. The number of methoxy groups -OCH3 is 1. The molecule has 0 amide bonds. The van der Waals surface area contributed by atoms with Gasteiger partial charge in [-0.1, -0.05) is 17.7 Å². The van der Waals surface area contributed by atoms with E-state index in [1.165, 1.54) is 18.3 Å². The van der Waals surface area contributed by atoms with E-state index in [4.69, 9.17) is 21.4 Å². The number of carboxylic acids is 1. The molecule has 0 aliphatic heterocycles. The average Bonchev–Trinajstić information content (AvgIpc) is 2.98. The third-order valence-corrected chi connectivity index (χ3v) is 3.57. The number of aromatic amines is 1. The van der Waals surface area contributed by atoms with Crippen LogP contribution in [0.15, 0.2) is 48.8 Å². The summed E-state index contributed by atoms with van der Waals surface area (Å²) in [4.78, 5) is 13.3. The minimum Gasteiger partial charge on any atom is -0.711 e. The molecular formula is C17H17ClN2O4. The smallest absolute Gasteiger partial charge is 0.335 e. The highest BCUT2D eigenvalue weighted by atomic mass is 35.5. The molecule has 2 aromatic heterocycles. The number of rotatable bonds is 4. The zero-order valence-electron chi connectivity index (χ0n) is 13.0. The van der Waals surface area contributed by atoms with Crippen molar-refractivity contribution >= 4 is 28.6 Å². The summed E-state index contributed by atoms with van der Waals surface area (Å²) in [5, 5.41) is 21.2. The lowest BCUT2D eigenvalue weighted by molar-refractivity contribution is -0.579. The molecule has 0 radical (unpaired) electrons. The van der Waals surface area contributed by atoms with E-state index in [-0.39, 0.29) is 5.56 Å². The fourth-order valence-electron chi connectivity index (χ4n) is 2.16. The highest BCUT2D eigenvalue weighted by molar-refractivity contribution is 6.30. The second kappa shape index (κ2) is 8.33. The van der Waals surface area contributed by atoms with Gasteiger partial charge in [-0.3, -0.25) is 0 Å². The van der Waals surface area contributed by atoms with Crippen LogP contribution in [-0.4, -0.2) is 29.8 Å². The van der Waals surface area contributed by atoms with Crippen LogP contribution in [-0.2, 0) is 11.2 Å². The van der Waals surface area contributed by atoms with Crippen molar-refractivity contribution in [3.63, 3.8) is 0 Å². The molecule has 6 nitrogen and oxygen atoms in total. The monoisotopic (exact) mass is 348 g/mol. The molecule has 3 rings (SSSR count). The second-order valence-corrected chi connectivity index (χ2v) is 5.40. The minimum atomic E-state index is -0.956. The summed E-state index contributed by atoms with van der Waals surface area (Å²) in [5.41, 5.74) is 1.94. The standard InChI is InChI=1S/C10H12N2O2.C7H5ClO2/c1-14-6-4-8-7-11-10-9(8)3-2-5-12(10)13;8-6-3-1-2-5(4-6)7(9)10/h2-3,5,7,11H,4,6H2,1H3;1-4H,(H,9,10). The largest absolute Gasteiger partial charge is 0.711 e. The van der Waals surface area contributed by atoms with Gasteiger partial charge in [0.25, 0.3) is 5.65 Å². The van der Waals surface area contributed by atoms with E-state index in [9.17, 15) is 10.0 Å². The third-order valence-electron chi connectivity index (χ3n) is 3.34. The van der Waals surface area contributed by atoms with Gasteiger partial charge < -0.3 is 15.1 Å². The van der Waals surface area contributed by atoms with E-state index in [0.29, 0.717) is 17.3 Å². The van der Waals surface area contributed by atoms with Crippen LogP contribution in [0, 0.1) is 5.21 Å². The average molecular weight is 349 g/mol. The van der Waals surface area contributed by atoms with E-state index in [1.54, 1.807) is 25.3 Å². The number of pyridine rings is 1. The van der Waals surface area contributed by atoms with Crippen LogP contribution in [0.4, 0.5) is 0 Å². The molecule has 7 heteroatoms. The topological polar surface area (TPSA) is 89.3 Å². The van der Waals surface area contributed by atoms with E-state index in [0.717, 1.165) is 22.1 Å². The molecule has 1 aromatic carbocycles. The number of carboxylic acid groups (broad SMARTS) is 1. The number of nitrogens with one attached hydrogen (secondary N) is 1. The fourth-order valence-corrected chi connectivity index (χ4v) is 2.35. The van der Waals surface area contributed by atoms with Crippen molar-refractivity contribution in [2.24, 2.45) is 0 Å². The first-order valence-corrected chi connectivity index (χ1v) is 7.56. The number of halogens is 1. The van der Waals surface area contributed by atoms with E-state index < -0.39 is 5.97 Å². The molecule has 0 atom stereocenters. The minimum absolute atomic E-state index is 0.215. The van der Waals surface area contributed by atoms with Gasteiger partial charge in [0.05, 0.1) is 30.0 Å². The Bertz CT molecular complexity index is 832. The zero-order chi connectivity index (χ0) is 17.5.